The topological polar surface area (TPSA) is 32.3 Å². The van der Waals surface area contributed by atoms with Gasteiger partial charge in [0.15, 0.2) is 0 Å². The highest BCUT2D eigenvalue weighted by atomic mass is 16.2. The van der Waals surface area contributed by atoms with Crippen molar-refractivity contribution in [1.82, 2.24) is 10.2 Å². The molecule has 3 heteroatoms. The molecule has 1 heterocycles. The lowest BCUT2D eigenvalue weighted by molar-refractivity contribution is -0.128. The molecule has 0 bridgehead atoms. The Labute approximate surface area is 127 Å². The zero-order valence-electron chi connectivity index (χ0n) is 12.9. The van der Waals surface area contributed by atoms with Crippen molar-refractivity contribution in [3.05, 3.63) is 35.9 Å². The predicted octanol–water partition coefficient (Wildman–Crippen LogP) is 3.13. The van der Waals surface area contributed by atoms with Crippen LogP contribution in [-0.2, 0) is 4.79 Å². The number of hydrogen-bond acceptors (Lipinski definition) is 2. The van der Waals surface area contributed by atoms with E-state index in [4.69, 9.17) is 0 Å². The number of carbonyl (C=O) groups is 1. The van der Waals surface area contributed by atoms with Crippen LogP contribution in [0.2, 0.25) is 0 Å². The molecule has 0 spiro atoms. The van der Waals surface area contributed by atoms with Gasteiger partial charge in [-0.05, 0) is 44.7 Å². The first-order valence-corrected chi connectivity index (χ1v) is 8.33. The van der Waals surface area contributed by atoms with Gasteiger partial charge >= 0.3 is 0 Å². The van der Waals surface area contributed by atoms with Crippen LogP contribution in [0.15, 0.2) is 30.3 Å². The Bertz CT molecular complexity index is 469. The summed E-state index contributed by atoms with van der Waals surface area (Å²) in [6.07, 6.45) is 5.69. The highest BCUT2D eigenvalue weighted by Gasteiger charge is 2.29. The van der Waals surface area contributed by atoms with Crippen molar-refractivity contribution in [2.75, 3.05) is 13.1 Å². The Hall–Kier alpha value is -1.35. The molecule has 2 atom stereocenters. The normalized spacial score (nSPS) is 25.1. The lowest BCUT2D eigenvalue weighted by atomic mass is 9.84. The van der Waals surface area contributed by atoms with Gasteiger partial charge in [-0.1, -0.05) is 36.8 Å². The molecule has 1 amide bonds. The van der Waals surface area contributed by atoms with Crippen molar-refractivity contribution in [3.63, 3.8) is 0 Å². The fourth-order valence-electron chi connectivity index (χ4n) is 3.41. The van der Waals surface area contributed by atoms with Gasteiger partial charge in [-0.25, -0.2) is 0 Å². The molecule has 3 nitrogen and oxygen atoms in total. The number of nitrogens with zero attached hydrogens (tertiary/aromatic N) is 1. The maximum Gasteiger partial charge on any atom is 0.223 e. The van der Waals surface area contributed by atoms with Crippen LogP contribution in [0.1, 0.15) is 50.6 Å². The summed E-state index contributed by atoms with van der Waals surface area (Å²) in [7, 11) is 0. The zero-order valence-corrected chi connectivity index (χ0v) is 12.9. The van der Waals surface area contributed by atoms with Crippen LogP contribution in [0.5, 0.6) is 0 Å². The Balaban J connectivity index is 1.56. The lowest BCUT2D eigenvalue weighted by Crippen LogP contribution is -2.50. The summed E-state index contributed by atoms with van der Waals surface area (Å²) in [5, 5.41) is 3.28. The van der Waals surface area contributed by atoms with Gasteiger partial charge in [0, 0.05) is 24.5 Å². The first-order chi connectivity index (χ1) is 10.2. The summed E-state index contributed by atoms with van der Waals surface area (Å²) in [5.41, 5.74) is 1.36. The molecule has 1 aliphatic carbocycles. The second-order valence-electron chi connectivity index (χ2n) is 6.56. The number of nitrogens with one attached hydrogen (secondary N) is 1. The summed E-state index contributed by atoms with van der Waals surface area (Å²) >= 11 is 0. The minimum atomic E-state index is 0.292. The fraction of sp³-hybridized carbons (Fsp3) is 0.611. The molecule has 2 fully saturated rings. The molecular formula is C18H26N2O. The monoisotopic (exact) mass is 286 g/mol. The molecule has 114 valence electrons. The third-order valence-electron chi connectivity index (χ3n) is 5.10. The number of benzene rings is 1. The van der Waals surface area contributed by atoms with E-state index in [1.165, 1.54) is 18.4 Å². The minimum absolute atomic E-state index is 0.292. The average molecular weight is 286 g/mol. The first kappa shape index (κ1) is 14.6. The van der Waals surface area contributed by atoms with Crippen molar-refractivity contribution < 1.29 is 4.79 Å². The summed E-state index contributed by atoms with van der Waals surface area (Å²) in [5.74, 6) is 0.590. The van der Waals surface area contributed by atoms with Gasteiger partial charge in [0.25, 0.3) is 0 Å². The fourth-order valence-corrected chi connectivity index (χ4v) is 3.41. The van der Waals surface area contributed by atoms with Crippen molar-refractivity contribution in [1.29, 1.82) is 0 Å². The van der Waals surface area contributed by atoms with Crippen LogP contribution in [0.25, 0.3) is 0 Å². The number of rotatable bonds is 4. The van der Waals surface area contributed by atoms with Crippen LogP contribution in [0.4, 0.5) is 0 Å². The third kappa shape index (κ3) is 3.46. The van der Waals surface area contributed by atoms with Gasteiger partial charge < -0.3 is 5.32 Å². The molecule has 3 rings (SSSR count). The summed E-state index contributed by atoms with van der Waals surface area (Å²) in [6, 6.07) is 11.4. The van der Waals surface area contributed by atoms with E-state index in [9.17, 15) is 4.79 Å². The smallest absolute Gasteiger partial charge is 0.223 e. The second kappa shape index (κ2) is 6.61. The highest BCUT2D eigenvalue weighted by molar-refractivity contribution is 5.79. The van der Waals surface area contributed by atoms with Gasteiger partial charge in [0.1, 0.15) is 0 Å². The molecule has 1 aromatic carbocycles. The summed E-state index contributed by atoms with van der Waals surface area (Å²) in [4.78, 5) is 14.6. The Morgan fingerprint density at radius 2 is 1.95 bits per heavy atom. The molecule has 1 saturated carbocycles. The molecule has 1 aromatic rings. The maximum absolute atomic E-state index is 12.1. The molecular weight excluding hydrogens is 260 g/mol. The molecule has 1 N–H and O–H groups in total. The minimum Gasteiger partial charge on any atom is -0.352 e. The first-order valence-electron chi connectivity index (χ1n) is 8.33. The number of amides is 1. The molecule has 0 radical (unpaired) electrons. The second-order valence-corrected chi connectivity index (χ2v) is 6.56. The maximum atomic E-state index is 12.1. The van der Waals surface area contributed by atoms with Gasteiger partial charge in [0.05, 0.1) is 0 Å². The van der Waals surface area contributed by atoms with E-state index in [2.05, 4.69) is 47.5 Å². The number of likely N-dealkylation sites (tertiary alicyclic amines) is 1. The van der Waals surface area contributed by atoms with Crippen LogP contribution in [-0.4, -0.2) is 29.9 Å². The SMILES string of the molecule is CC(c1ccccc1)N1CCCC(NC(=O)C2CCC2)C1. The molecule has 1 aliphatic heterocycles. The number of piperidine rings is 1. The highest BCUT2D eigenvalue weighted by Crippen LogP contribution is 2.28. The van der Waals surface area contributed by atoms with Crippen molar-refractivity contribution in [2.45, 2.75) is 51.1 Å². The van der Waals surface area contributed by atoms with E-state index in [0.29, 0.717) is 23.9 Å². The van der Waals surface area contributed by atoms with E-state index in [1.54, 1.807) is 0 Å². The van der Waals surface area contributed by atoms with Crippen LogP contribution < -0.4 is 5.32 Å². The quantitative estimate of drug-likeness (QED) is 0.922. The Morgan fingerprint density at radius 3 is 2.62 bits per heavy atom. The van der Waals surface area contributed by atoms with Crippen molar-refractivity contribution in [2.24, 2.45) is 5.92 Å². The van der Waals surface area contributed by atoms with Gasteiger partial charge in [-0.15, -0.1) is 0 Å². The summed E-state index contributed by atoms with van der Waals surface area (Å²) in [6.45, 7) is 4.38. The van der Waals surface area contributed by atoms with E-state index in [0.717, 1.165) is 32.4 Å². The van der Waals surface area contributed by atoms with Crippen molar-refractivity contribution >= 4 is 5.91 Å². The molecule has 21 heavy (non-hydrogen) atoms. The van der Waals surface area contributed by atoms with E-state index < -0.39 is 0 Å². The predicted molar refractivity (Wildman–Crippen MR) is 84.9 cm³/mol. The van der Waals surface area contributed by atoms with Crippen LogP contribution in [0.3, 0.4) is 0 Å². The van der Waals surface area contributed by atoms with E-state index >= 15 is 0 Å². The van der Waals surface area contributed by atoms with Crippen LogP contribution >= 0.6 is 0 Å². The third-order valence-corrected chi connectivity index (χ3v) is 5.10. The standard InChI is InChI=1S/C18H26N2O/c1-14(15-7-3-2-4-8-15)20-12-6-11-17(13-20)19-18(21)16-9-5-10-16/h2-4,7-8,14,16-17H,5-6,9-13H2,1H3,(H,19,21). The zero-order chi connectivity index (χ0) is 14.7. The van der Waals surface area contributed by atoms with E-state index in [-0.39, 0.29) is 0 Å². The summed E-state index contributed by atoms with van der Waals surface area (Å²) < 4.78 is 0. The Kier molecular flexibility index (Phi) is 4.59. The Morgan fingerprint density at radius 1 is 1.19 bits per heavy atom. The van der Waals surface area contributed by atoms with Crippen molar-refractivity contribution in [3.8, 4) is 0 Å². The van der Waals surface area contributed by atoms with Gasteiger partial charge in [0.2, 0.25) is 5.91 Å². The van der Waals surface area contributed by atoms with Gasteiger partial charge in [-0.3, -0.25) is 9.69 Å². The largest absolute Gasteiger partial charge is 0.352 e. The number of hydrogen-bond donors (Lipinski definition) is 1. The lowest BCUT2D eigenvalue weighted by Gasteiger charge is -2.38. The molecule has 2 aliphatic rings. The molecule has 1 saturated heterocycles. The van der Waals surface area contributed by atoms with E-state index in [1.807, 2.05) is 0 Å². The average Bonchev–Trinajstić information content (AvgIpc) is 2.46. The van der Waals surface area contributed by atoms with Gasteiger partial charge in [-0.2, -0.15) is 0 Å². The molecule has 2 unspecified atom stereocenters. The van der Waals surface area contributed by atoms with Crippen LogP contribution in [0, 0.1) is 5.92 Å². The number of carbonyl (C=O) groups excluding carboxylic acids is 1. The molecule has 0 aromatic heterocycles.